The third-order valence-corrected chi connectivity index (χ3v) is 4.10. The highest BCUT2D eigenvalue weighted by atomic mass is 16.3. The number of rotatable bonds is 4. The lowest BCUT2D eigenvalue weighted by Gasteiger charge is -2.25. The lowest BCUT2D eigenvalue weighted by atomic mass is 9.82. The highest BCUT2D eigenvalue weighted by Gasteiger charge is 2.31. The van der Waals surface area contributed by atoms with Gasteiger partial charge in [-0.1, -0.05) is 62.8 Å². The van der Waals surface area contributed by atoms with Gasteiger partial charge in [-0.05, 0) is 36.2 Å². The lowest BCUT2D eigenvalue weighted by molar-refractivity contribution is 0.125. The van der Waals surface area contributed by atoms with Crippen LogP contribution >= 0.6 is 0 Å². The van der Waals surface area contributed by atoms with Gasteiger partial charge in [-0.2, -0.15) is 0 Å². The molecule has 2 atom stereocenters. The molecule has 1 N–H and O–H groups in total. The fourth-order valence-corrected chi connectivity index (χ4v) is 2.87. The molecule has 1 unspecified atom stereocenters. The number of aliphatic hydroxyl groups is 1. The van der Waals surface area contributed by atoms with Crippen molar-refractivity contribution in [2.45, 2.75) is 46.1 Å². The highest BCUT2D eigenvalue weighted by molar-refractivity contribution is 5.21. The zero-order valence-electron chi connectivity index (χ0n) is 11.7. The molecule has 2 rings (SSSR count). The van der Waals surface area contributed by atoms with Crippen molar-refractivity contribution < 1.29 is 5.11 Å². The van der Waals surface area contributed by atoms with Gasteiger partial charge >= 0.3 is 0 Å². The molecule has 1 aliphatic carbocycles. The summed E-state index contributed by atoms with van der Waals surface area (Å²) in [5.74, 6) is 0.640. The molecule has 1 heteroatoms. The third kappa shape index (κ3) is 3.02. The largest absolute Gasteiger partial charge is 0.388 e. The number of hydrogen-bond donors (Lipinski definition) is 1. The summed E-state index contributed by atoms with van der Waals surface area (Å²) in [6, 6.07) is 9.99. The van der Waals surface area contributed by atoms with Crippen molar-refractivity contribution in [1.82, 2.24) is 0 Å². The van der Waals surface area contributed by atoms with E-state index in [9.17, 15) is 5.11 Å². The molecule has 1 aromatic rings. The Labute approximate surface area is 111 Å². The standard InChI is InChI=1S/C17H24O/c1-13(2)15-9-10-17(3,11-15)12-16(18)14-7-5-4-6-8-14/h4-8,11,13,16,18H,9-10,12H2,1-3H3/t16?,17-/m0/s1. The van der Waals surface area contributed by atoms with E-state index in [2.05, 4.69) is 26.8 Å². The molecule has 0 aromatic heterocycles. The van der Waals surface area contributed by atoms with E-state index in [0.717, 1.165) is 12.0 Å². The summed E-state index contributed by atoms with van der Waals surface area (Å²) >= 11 is 0. The van der Waals surface area contributed by atoms with E-state index >= 15 is 0 Å². The summed E-state index contributed by atoms with van der Waals surface area (Å²) in [4.78, 5) is 0. The second-order valence-corrected chi connectivity index (χ2v) is 6.16. The summed E-state index contributed by atoms with van der Waals surface area (Å²) in [5.41, 5.74) is 2.75. The molecule has 1 nitrogen and oxygen atoms in total. The molecule has 0 heterocycles. The van der Waals surface area contributed by atoms with E-state index in [1.807, 2.05) is 30.3 Å². The van der Waals surface area contributed by atoms with Crippen molar-refractivity contribution in [1.29, 1.82) is 0 Å². The Morgan fingerprint density at radius 2 is 1.89 bits per heavy atom. The van der Waals surface area contributed by atoms with Crippen molar-refractivity contribution in [3.8, 4) is 0 Å². The van der Waals surface area contributed by atoms with E-state index in [-0.39, 0.29) is 11.5 Å². The molecular weight excluding hydrogens is 220 g/mol. The fraction of sp³-hybridized carbons (Fsp3) is 0.529. The van der Waals surface area contributed by atoms with E-state index in [1.165, 1.54) is 12.8 Å². The molecule has 0 radical (unpaired) electrons. The Kier molecular flexibility index (Phi) is 3.91. The lowest BCUT2D eigenvalue weighted by Crippen LogP contribution is -2.14. The minimum Gasteiger partial charge on any atom is -0.388 e. The summed E-state index contributed by atoms with van der Waals surface area (Å²) in [6.07, 6.45) is 5.25. The number of allylic oxidation sites excluding steroid dienone is 2. The molecule has 0 saturated heterocycles. The zero-order chi connectivity index (χ0) is 13.2. The van der Waals surface area contributed by atoms with Gasteiger partial charge in [0.25, 0.3) is 0 Å². The maximum absolute atomic E-state index is 10.3. The second kappa shape index (κ2) is 5.27. The molecule has 0 bridgehead atoms. The Morgan fingerprint density at radius 3 is 2.44 bits per heavy atom. The van der Waals surface area contributed by atoms with Gasteiger partial charge in [0.15, 0.2) is 0 Å². The minimum absolute atomic E-state index is 0.162. The van der Waals surface area contributed by atoms with Crippen LogP contribution in [0.4, 0.5) is 0 Å². The minimum atomic E-state index is -0.348. The first-order chi connectivity index (χ1) is 8.50. The molecule has 0 fully saturated rings. The van der Waals surface area contributed by atoms with Gasteiger partial charge in [0.2, 0.25) is 0 Å². The van der Waals surface area contributed by atoms with Gasteiger partial charge in [0.1, 0.15) is 0 Å². The Balaban J connectivity index is 2.06. The van der Waals surface area contributed by atoms with E-state index in [4.69, 9.17) is 0 Å². The first-order valence-electron chi connectivity index (χ1n) is 6.95. The highest BCUT2D eigenvalue weighted by Crippen LogP contribution is 2.44. The maximum Gasteiger partial charge on any atom is 0.0798 e. The second-order valence-electron chi connectivity index (χ2n) is 6.16. The van der Waals surface area contributed by atoms with Gasteiger partial charge in [-0.25, -0.2) is 0 Å². The van der Waals surface area contributed by atoms with Crippen molar-refractivity contribution in [2.24, 2.45) is 11.3 Å². The van der Waals surface area contributed by atoms with E-state index in [1.54, 1.807) is 5.57 Å². The number of aliphatic hydroxyl groups excluding tert-OH is 1. The Hall–Kier alpha value is -1.08. The van der Waals surface area contributed by atoms with Gasteiger partial charge < -0.3 is 5.11 Å². The maximum atomic E-state index is 10.3. The summed E-state index contributed by atoms with van der Waals surface area (Å²) in [5, 5.41) is 10.3. The summed E-state index contributed by atoms with van der Waals surface area (Å²) < 4.78 is 0. The monoisotopic (exact) mass is 244 g/mol. The van der Waals surface area contributed by atoms with Crippen LogP contribution in [0.3, 0.4) is 0 Å². The van der Waals surface area contributed by atoms with Crippen LogP contribution < -0.4 is 0 Å². The van der Waals surface area contributed by atoms with Crippen molar-refractivity contribution in [2.75, 3.05) is 0 Å². The Bertz CT molecular complexity index is 418. The normalized spacial score (nSPS) is 25.3. The molecule has 1 aromatic carbocycles. The van der Waals surface area contributed by atoms with Crippen molar-refractivity contribution in [3.05, 3.63) is 47.5 Å². The molecule has 0 saturated carbocycles. The average Bonchev–Trinajstić information content (AvgIpc) is 2.73. The predicted molar refractivity (Wildman–Crippen MR) is 76.3 cm³/mol. The van der Waals surface area contributed by atoms with Crippen LogP contribution in [0.2, 0.25) is 0 Å². The van der Waals surface area contributed by atoms with E-state index in [0.29, 0.717) is 5.92 Å². The molecule has 0 amide bonds. The quantitative estimate of drug-likeness (QED) is 0.774. The SMILES string of the molecule is CC(C)C1=C[C@@](C)(CC(O)c2ccccc2)CC1. The van der Waals surface area contributed by atoms with Crippen molar-refractivity contribution >= 4 is 0 Å². The topological polar surface area (TPSA) is 20.2 Å². The molecule has 18 heavy (non-hydrogen) atoms. The number of hydrogen-bond acceptors (Lipinski definition) is 1. The van der Waals surface area contributed by atoms with Gasteiger partial charge in [0.05, 0.1) is 6.10 Å². The summed E-state index contributed by atoms with van der Waals surface area (Å²) in [7, 11) is 0. The van der Waals surface area contributed by atoms with Gasteiger partial charge in [0, 0.05) is 0 Å². The van der Waals surface area contributed by atoms with E-state index < -0.39 is 0 Å². The smallest absolute Gasteiger partial charge is 0.0798 e. The van der Waals surface area contributed by atoms with Crippen LogP contribution in [0.1, 0.15) is 51.7 Å². The zero-order valence-corrected chi connectivity index (χ0v) is 11.7. The van der Waals surface area contributed by atoms with Crippen molar-refractivity contribution in [3.63, 3.8) is 0 Å². The van der Waals surface area contributed by atoms with Crippen LogP contribution in [0.25, 0.3) is 0 Å². The summed E-state index contributed by atoms with van der Waals surface area (Å²) in [6.45, 7) is 6.78. The number of benzene rings is 1. The Morgan fingerprint density at radius 1 is 1.22 bits per heavy atom. The average molecular weight is 244 g/mol. The van der Waals surface area contributed by atoms with Crippen LogP contribution in [-0.2, 0) is 0 Å². The van der Waals surface area contributed by atoms with Crippen LogP contribution in [0.15, 0.2) is 42.0 Å². The van der Waals surface area contributed by atoms with Crippen LogP contribution in [-0.4, -0.2) is 5.11 Å². The first-order valence-corrected chi connectivity index (χ1v) is 6.95. The predicted octanol–water partition coefficient (Wildman–Crippen LogP) is 4.49. The fourth-order valence-electron chi connectivity index (χ4n) is 2.87. The third-order valence-electron chi connectivity index (χ3n) is 4.10. The molecule has 1 aliphatic rings. The van der Waals surface area contributed by atoms with Gasteiger partial charge in [-0.15, -0.1) is 0 Å². The molecule has 98 valence electrons. The van der Waals surface area contributed by atoms with Crippen LogP contribution in [0, 0.1) is 11.3 Å². The molecule has 0 aliphatic heterocycles. The van der Waals surface area contributed by atoms with Gasteiger partial charge in [-0.3, -0.25) is 0 Å². The molecule has 0 spiro atoms. The van der Waals surface area contributed by atoms with Crippen LogP contribution in [0.5, 0.6) is 0 Å². The molecular formula is C17H24O. The first kappa shape index (κ1) is 13.4.